The number of nitrogens with one attached hydrogen (secondary N) is 1. The zero-order chi connectivity index (χ0) is 15.5. The third-order valence-corrected chi connectivity index (χ3v) is 3.89. The second-order valence-corrected chi connectivity index (χ2v) is 6.08. The van der Waals surface area contributed by atoms with Gasteiger partial charge in [-0.1, -0.05) is 13.8 Å². The predicted molar refractivity (Wildman–Crippen MR) is 82.7 cm³/mol. The Hall–Kier alpha value is -2.44. The van der Waals surface area contributed by atoms with Gasteiger partial charge in [-0.05, 0) is 52.9 Å². The van der Waals surface area contributed by atoms with E-state index in [2.05, 4.69) is 34.7 Å². The summed E-state index contributed by atoms with van der Waals surface area (Å²) < 4.78 is 1.57. The van der Waals surface area contributed by atoms with Crippen molar-refractivity contribution < 1.29 is 4.79 Å². The minimum absolute atomic E-state index is 0.0337. The van der Waals surface area contributed by atoms with Gasteiger partial charge in [0, 0.05) is 18.8 Å². The van der Waals surface area contributed by atoms with Gasteiger partial charge in [0.05, 0.1) is 5.69 Å². The molecule has 22 heavy (non-hydrogen) atoms. The van der Waals surface area contributed by atoms with E-state index in [1.165, 1.54) is 12.7 Å². The maximum absolute atomic E-state index is 12.3. The van der Waals surface area contributed by atoms with Crippen molar-refractivity contribution in [1.82, 2.24) is 25.1 Å². The summed E-state index contributed by atoms with van der Waals surface area (Å²) in [6, 6.07) is 7.41. The van der Waals surface area contributed by atoms with Crippen LogP contribution in [0.4, 0.5) is 10.5 Å². The fourth-order valence-electron chi connectivity index (χ4n) is 3.01. The Labute approximate surface area is 129 Å². The number of amides is 2. The summed E-state index contributed by atoms with van der Waals surface area (Å²) in [6.45, 7) is 6.02. The second-order valence-electron chi connectivity index (χ2n) is 6.08. The molecule has 1 aromatic carbocycles. The van der Waals surface area contributed by atoms with Crippen molar-refractivity contribution >= 4 is 11.7 Å². The van der Waals surface area contributed by atoms with E-state index in [1.54, 1.807) is 4.68 Å². The molecule has 1 N–H and O–H groups in total. The van der Waals surface area contributed by atoms with Crippen LogP contribution in [0.25, 0.3) is 5.69 Å². The molecule has 1 saturated heterocycles. The van der Waals surface area contributed by atoms with Crippen molar-refractivity contribution in [2.45, 2.75) is 20.3 Å². The Balaban J connectivity index is 1.64. The van der Waals surface area contributed by atoms with E-state index in [9.17, 15) is 4.79 Å². The summed E-state index contributed by atoms with van der Waals surface area (Å²) >= 11 is 0. The van der Waals surface area contributed by atoms with Crippen LogP contribution in [0.3, 0.4) is 0 Å². The fraction of sp³-hybridized carbons (Fsp3) is 0.467. The van der Waals surface area contributed by atoms with Crippen LogP contribution in [0.5, 0.6) is 0 Å². The molecule has 0 radical (unpaired) electrons. The average molecular weight is 300 g/mol. The monoisotopic (exact) mass is 300 g/mol. The number of hydrogen-bond donors (Lipinski definition) is 1. The predicted octanol–water partition coefficient (Wildman–Crippen LogP) is 2.17. The Bertz CT molecular complexity index is 614. The summed E-state index contributed by atoms with van der Waals surface area (Å²) in [4.78, 5) is 14.2. The van der Waals surface area contributed by atoms with Crippen LogP contribution in [-0.2, 0) is 0 Å². The molecule has 1 fully saturated rings. The number of carbonyl (C=O) groups is 1. The van der Waals surface area contributed by atoms with Gasteiger partial charge in [-0.2, -0.15) is 0 Å². The summed E-state index contributed by atoms with van der Waals surface area (Å²) in [5.74, 6) is 1.10. The topological polar surface area (TPSA) is 75.9 Å². The number of benzene rings is 1. The first kappa shape index (κ1) is 14.5. The molecule has 7 nitrogen and oxygen atoms in total. The molecule has 1 aliphatic heterocycles. The quantitative estimate of drug-likeness (QED) is 0.922. The molecule has 3 rings (SSSR count). The number of carbonyl (C=O) groups excluding carboxylic acids is 1. The van der Waals surface area contributed by atoms with E-state index in [4.69, 9.17) is 0 Å². The molecule has 1 aliphatic rings. The maximum Gasteiger partial charge on any atom is 0.321 e. The molecule has 0 saturated carbocycles. The Morgan fingerprint density at radius 2 is 1.86 bits per heavy atom. The number of likely N-dealkylation sites (tertiary alicyclic amines) is 1. The fourth-order valence-corrected chi connectivity index (χ4v) is 3.01. The molecule has 2 atom stereocenters. The minimum Gasteiger partial charge on any atom is -0.324 e. The van der Waals surface area contributed by atoms with E-state index in [0.29, 0.717) is 11.8 Å². The van der Waals surface area contributed by atoms with E-state index >= 15 is 0 Å². The van der Waals surface area contributed by atoms with Crippen LogP contribution in [0.2, 0.25) is 0 Å². The van der Waals surface area contributed by atoms with Crippen molar-refractivity contribution in [3.8, 4) is 5.69 Å². The van der Waals surface area contributed by atoms with Crippen molar-refractivity contribution in [2.75, 3.05) is 18.4 Å². The number of urea groups is 1. The molecule has 0 unspecified atom stereocenters. The third-order valence-electron chi connectivity index (χ3n) is 3.89. The highest BCUT2D eigenvalue weighted by Gasteiger charge is 2.25. The Morgan fingerprint density at radius 1 is 1.18 bits per heavy atom. The highest BCUT2D eigenvalue weighted by atomic mass is 16.2. The summed E-state index contributed by atoms with van der Waals surface area (Å²) in [6.07, 6.45) is 2.72. The largest absolute Gasteiger partial charge is 0.324 e. The highest BCUT2D eigenvalue weighted by molar-refractivity contribution is 5.89. The highest BCUT2D eigenvalue weighted by Crippen LogP contribution is 2.22. The van der Waals surface area contributed by atoms with Crippen molar-refractivity contribution in [1.29, 1.82) is 0 Å². The van der Waals surface area contributed by atoms with E-state index in [-0.39, 0.29) is 6.03 Å². The molecule has 2 heterocycles. The molecular weight excluding hydrogens is 280 g/mol. The number of nitrogens with zero attached hydrogens (tertiary/aromatic N) is 5. The lowest BCUT2D eigenvalue weighted by Gasteiger charge is -2.34. The van der Waals surface area contributed by atoms with Gasteiger partial charge in [0.1, 0.15) is 6.33 Å². The zero-order valence-electron chi connectivity index (χ0n) is 12.8. The van der Waals surface area contributed by atoms with Crippen LogP contribution >= 0.6 is 0 Å². The van der Waals surface area contributed by atoms with Gasteiger partial charge in [-0.25, -0.2) is 9.48 Å². The van der Waals surface area contributed by atoms with E-state index in [1.807, 2.05) is 29.2 Å². The van der Waals surface area contributed by atoms with E-state index < -0.39 is 0 Å². The molecule has 2 aromatic rings. The number of anilines is 1. The molecule has 116 valence electrons. The zero-order valence-corrected chi connectivity index (χ0v) is 12.8. The Kier molecular flexibility index (Phi) is 4.04. The molecule has 0 bridgehead atoms. The van der Waals surface area contributed by atoms with Crippen LogP contribution < -0.4 is 5.32 Å². The first-order valence-corrected chi connectivity index (χ1v) is 7.51. The number of rotatable bonds is 2. The number of tetrazole rings is 1. The normalized spacial score (nSPS) is 21.6. The maximum atomic E-state index is 12.3. The van der Waals surface area contributed by atoms with Crippen LogP contribution in [-0.4, -0.2) is 44.2 Å². The molecule has 1 aromatic heterocycles. The molecule has 0 spiro atoms. The summed E-state index contributed by atoms with van der Waals surface area (Å²) in [7, 11) is 0. The van der Waals surface area contributed by atoms with Crippen molar-refractivity contribution in [3.05, 3.63) is 30.6 Å². The van der Waals surface area contributed by atoms with Gasteiger partial charge in [0.25, 0.3) is 0 Å². The standard InChI is InChI=1S/C15H20N6O/c1-11-7-12(2)9-20(8-11)15(22)17-13-3-5-14(6-4-13)21-10-16-18-19-21/h3-6,10-12H,7-9H2,1-2H3,(H,17,22)/t11-,12-/m1/s1. The minimum atomic E-state index is -0.0337. The smallest absolute Gasteiger partial charge is 0.321 e. The first-order chi connectivity index (χ1) is 10.6. The number of aromatic nitrogens is 4. The molecular formula is C15H20N6O. The summed E-state index contributed by atoms with van der Waals surface area (Å²) in [5, 5.41) is 14.0. The lowest BCUT2D eigenvalue weighted by Crippen LogP contribution is -2.44. The lowest BCUT2D eigenvalue weighted by molar-refractivity contribution is 0.156. The van der Waals surface area contributed by atoms with Gasteiger partial charge >= 0.3 is 6.03 Å². The molecule has 0 aliphatic carbocycles. The van der Waals surface area contributed by atoms with Gasteiger partial charge in [0.15, 0.2) is 0 Å². The first-order valence-electron chi connectivity index (χ1n) is 7.51. The van der Waals surface area contributed by atoms with Gasteiger partial charge in [-0.15, -0.1) is 5.10 Å². The average Bonchev–Trinajstić information content (AvgIpc) is 3.01. The number of hydrogen-bond acceptors (Lipinski definition) is 4. The second kappa shape index (κ2) is 6.13. The lowest BCUT2D eigenvalue weighted by atomic mass is 9.92. The van der Waals surface area contributed by atoms with Crippen molar-refractivity contribution in [2.24, 2.45) is 11.8 Å². The summed E-state index contributed by atoms with van der Waals surface area (Å²) in [5.41, 5.74) is 1.62. The molecule has 7 heteroatoms. The molecule has 2 amide bonds. The van der Waals surface area contributed by atoms with Crippen molar-refractivity contribution in [3.63, 3.8) is 0 Å². The van der Waals surface area contributed by atoms with E-state index in [0.717, 1.165) is 24.5 Å². The van der Waals surface area contributed by atoms with Gasteiger partial charge in [-0.3, -0.25) is 0 Å². The van der Waals surface area contributed by atoms with Gasteiger partial charge in [0.2, 0.25) is 0 Å². The number of piperidine rings is 1. The van der Waals surface area contributed by atoms with Crippen LogP contribution in [0.1, 0.15) is 20.3 Å². The van der Waals surface area contributed by atoms with Gasteiger partial charge < -0.3 is 10.2 Å². The SMILES string of the molecule is C[C@@H]1C[C@@H](C)CN(C(=O)Nc2ccc(-n3cnnn3)cc2)C1. The van der Waals surface area contributed by atoms with Crippen LogP contribution in [0.15, 0.2) is 30.6 Å². The third kappa shape index (κ3) is 3.24. The Morgan fingerprint density at radius 3 is 2.45 bits per heavy atom. The van der Waals surface area contributed by atoms with Crippen LogP contribution in [0, 0.1) is 11.8 Å².